The number of ether oxygens (including phenoxy) is 1. The molecular formula is C45H79FO3. The van der Waals surface area contributed by atoms with Gasteiger partial charge in [-0.1, -0.05) is 114 Å². The average molecular weight is 687 g/mol. The summed E-state index contributed by atoms with van der Waals surface area (Å²) < 4.78 is 19.6. The number of benzene rings is 1. The van der Waals surface area contributed by atoms with E-state index < -0.39 is 11.8 Å². The van der Waals surface area contributed by atoms with Crippen LogP contribution in [0.2, 0.25) is 0 Å². The topological polar surface area (TPSA) is 46.5 Å². The van der Waals surface area contributed by atoms with Crippen molar-refractivity contribution in [2.45, 2.75) is 155 Å². The standard InChI is InChI=1S/C34H49FO2.C4H8.3C2H6.CH4O/c1-8-9-27-23-12-14-28-24(22(23)16-18-32(27,2)3)13-15-30-33(4,5)26(17-19-34(28,30)6)21-10-11-25(29(35)20-21)31(36)37-7;1-3-4-2;4*1-2/h10-11,17,20,22-24,27-28,30H,8-9,12-16,18-19H2,1-7H3;3-4H,1-2H3;3*1-2H3;2H,1H3/b;4-3-;;;;/t22?,23?,24?,27-,28?,30?,34-;;;;;/m1...../s1. The Hall–Kier alpha value is -1.94. The number of carbonyl (C=O) groups excluding carboxylic acids is 1. The zero-order valence-corrected chi connectivity index (χ0v) is 34.9. The largest absolute Gasteiger partial charge is 0.465 e. The minimum atomic E-state index is -0.616. The van der Waals surface area contributed by atoms with E-state index in [-0.39, 0.29) is 11.0 Å². The number of hydrogen-bond donors (Lipinski definition) is 1. The van der Waals surface area contributed by atoms with E-state index >= 15 is 0 Å². The molecule has 3 nitrogen and oxygen atoms in total. The number of methoxy groups -OCH3 is 1. The van der Waals surface area contributed by atoms with E-state index in [4.69, 9.17) is 9.84 Å². The van der Waals surface area contributed by atoms with Gasteiger partial charge in [0.15, 0.2) is 0 Å². The molecule has 0 saturated heterocycles. The van der Waals surface area contributed by atoms with Crippen molar-refractivity contribution in [2.75, 3.05) is 14.2 Å². The Balaban J connectivity index is 0.00000171. The van der Waals surface area contributed by atoms with Crippen LogP contribution in [0.15, 0.2) is 36.4 Å². The highest BCUT2D eigenvalue weighted by molar-refractivity contribution is 5.90. The molecule has 4 aliphatic carbocycles. The second-order valence-corrected chi connectivity index (χ2v) is 15.1. The number of fused-ring (bicyclic) bond motifs is 5. The molecule has 3 saturated carbocycles. The Labute approximate surface area is 304 Å². The van der Waals surface area contributed by atoms with Gasteiger partial charge in [-0.2, -0.15) is 0 Å². The maximum absolute atomic E-state index is 14.9. The molecule has 49 heavy (non-hydrogen) atoms. The van der Waals surface area contributed by atoms with Crippen LogP contribution in [0.5, 0.6) is 0 Å². The molecule has 0 heterocycles. The Morgan fingerprint density at radius 2 is 1.45 bits per heavy atom. The van der Waals surface area contributed by atoms with Crippen molar-refractivity contribution in [3.05, 3.63) is 53.4 Å². The third kappa shape index (κ3) is 10.3. The molecule has 3 fully saturated rings. The first-order valence-corrected chi connectivity index (χ1v) is 20.0. The molecule has 5 rings (SSSR count). The van der Waals surface area contributed by atoms with Crippen molar-refractivity contribution in [3.8, 4) is 0 Å². The van der Waals surface area contributed by atoms with Crippen LogP contribution in [-0.2, 0) is 4.74 Å². The number of halogens is 1. The molecule has 4 aliphatic rings. The number of hydrogen-bond acceptors (Lipinski definition) is 3. The molecule has 1 N–H and O–H groups in total. The summed E-state index contributed by atoms with van der Waals surface area (Å²) in [5, 5.41) is 7.00. The van der Waals surface area contributed by atoms with Gasteiger partial charge < -0.3 is 9.84 Å². The summed E-state index contributed by atoms with van der Waals surface area (Å²) >= 11 is 0. The first kappa shape index (κ1) is 47.1. The number of aliphatic hydroxyl groups is 1. The van der Waals surface area contributed by atoms with Crippen LogP contribution < -0.4 is 0 Å². The van der Waals surface area contributed by atoms with Gasteiger partial charge in [0.2, 0.25) is 0 Å². The Morgan fingerprint density at radius 3 is 1.96 bits per heavy atom. The van der Waals surface area contributed by atoms with Gasteiger partial charge in [-0.3, -0.25) is 0 Å². The third-order valence-corrected chi connectivity index (χ3v) is 12.4. The summed E-state index contributed by atoms with van der Waals surface area (Å²) in [5.74, 6) is 3.88. The molecule has 4 heteroatoms. The Bertz CT molecular complexity index is 1140. The number of rotatable bonds is 4. The van der Waals surface area contributed by atoms with E-state index in [1.807, 2.05) is 73.6 Å². The van der Waals surface area contributed by atoms with E-state index in [1.165, 1.54) is 64.0 Å². The first-order valence-electron chi connectivity index (χ1n) is 20.0. The van der Waals surface area contributed by atoms with Gasteiger partial charge in [-0.25, -0.2) is 9.18 Å². The average Bonchev–Trinajstić information content (AvgIpc) is 3.12. The second-order valence-electron chi connectivity index (χ2n) is 15.1. The number of aliphatic hydroxyl groups excluding tert-OH is 1. The van der Waals surface area contributed by atoms with Gasteiger partial charge in [0.05, 0.1) is 12.7 Å². The molecule has 0 spiro atoms. The smallest absolute Gasteiger partial charge is 0.340 e. The van der Waals surface area contributed by atoms with E-state index in [2.05, 4.69) is 47.6 Å². The fourth-order valence-electron chi connectivity index (χ4n) is 10.4. The molecule has 284 valence electrons. The van der Waals surface area contributed by atoms with Gasteiger partial charge in [0, 0.05) is 7.11 Å². The van der Waals surface area contributed by atoms with Crippen LogP contribution in [0.4, 0.5) is 4.39 Å². The lowest BCUT2D eigenvalue weighted by Crippen LogP contribution is -2.56. The third-order valence-electron chi connectivity index (χ3n) is 12.4. The lowest BCUT2D eigenvalue weighted by Gasteiger charge is -2.64. The second kappa shape index (κ2) is 22.1. The monoisotopic (exact) mass is 687 g/mol. The van der Waals surface area contributed by atoms with Crippen molar-refractivity contribution in [1.29, 1.82) is 0 Å². The van der Waals surface area contributed by atoms with Crippen LogP contribution in [0, 0.1) is 57.6 Å². The maximum Gasteiger partial charge on any atom is 0.340 e. The first-order chi connectivity index (χ1) is 23.4. The summed E-state index contributed by atoms with van der Waals surface area (Å²) in [6.45, 7) is 30.8. The Kier molecular flexibility index (Phi) is 21.2. The molecule has 7 atom stereocenters. The predicted octanol–water partition coefficient (Wildman–Crippen LogP) is 13.6. The summed E-state index contributed by atoms with van der Waals surface area (Å²) in [6.07, 6.45) is 18.5. The van der Waals surface area contributed by atoms with Crippen molar-refractivity contribution >= 4 is 11.5 Å². The van der Waals surface area contributed by atoms with Crippen LogP contribution in [-0.4, -0.2) is 25.3 Å². The quantitative estimate of drug-likeness (QED) is 0.253. The highest BCUT2D eigenvalue weighted by Gasteiger charge is 2.59. The van der Waals surface area contributed by atoms with Crippen molar-refractivity contribution in [3.63, 3.8) is 0 Å². The SMILES string of the molecule is C/C=C\C.CC.CC.CC.CCC[C@@H]1C2CCC3C(CCC4C(C)(C)C(c5ccc(C(=O)OC)c(F)c5)=CC[C@]34C)C2CCC1(C)C.CO. The normalized spacial score (nSPS) is 30.0. The minimum absolute atomic E-state index is 0.0135. The van der Waals surface area contributed by atoms with E-state index in [0.29, 0.717) is 16.7 Å². The van der Waals surface area contributed by atoms with Crippen LogP contribution in [0.3, 0.4) is 0 Å². The molecular weight excluding hydrogens is 607 g/mol. The van der Waals surface area contributed by atoms with Gasteiger partial charge in [0.1, 0.15) is 5.82 Å². The molecule has 0 amide bonds. The van der Waals surface area contributed by atoms with E-state index in [1.54, 1.807) is 12.1 Å². The molecule has 5 unspecified atom stereocenters. The van der Waals surface area contributed by atoms with Crippen LogP contribution in [0.25, 0.3) is 5.57 Å². The van der Waals surface area contributed by atoms with Gasteiger partial charge >= 0.3 is 5.97 Å². The van der Waals surface area contributed by atoms with Gasteiger partial charge in [-0.05, 0) is 140 Å². The van der Waals surface area contributed by atoms with Crippen LogP contribution in [0.1, 0.15) is 171 Å². The van der Waals surface area contributed by atoms with Gasteiger partial charge in [-0.15, -0.1) is 0 Å². The summed E-state index contributed by atoms with van der Waals surface area (Å²) in [5.41, 5.74) is 2.94. The minimum Gasteiger partial charge on any atom is -0.465 e. The lowest BCUT2D eigenvalue weighted by molar-refractivity contribution is -0.131. The van der Waals surface area contributed by atoms with Crippen molar-refractivity contribution < 1.29 is 19.0 Å². The highest BCUT2D eigenvalue weighted by Crippen LogP contribution is 2.68. The number of esters is 1. The van der Waals surface area contributed by atoms with Crippen molar-refractivity contribution in [1.82, 2.24) is 0 Å². The molecule has 0 aliphatic heterocycles. The summed E-state index contributed by atoms with van der Waals surface area (Å²) in [7, 11) is 2.30. The zero-order valence-electron chi connectivity index (χ0n) is 34.9. The zero-order chi connectivity index (χ0) is 38.2. The van der Waals surface area contributed by atoms with E-state index in [9.17, 15) is 9.18 Å². The molecule has 0 aromatic heterocycles. The van der Waals surface area contributed by atoms with Crippen molar-refractivity contribution in [2.24, 2.45) is 51.8 Å². The Morgan fingerprint density at radius 1 is 0.878 bits per heavy atom. The molecule has 0 radical (unpaired) electrons. The molecule has 0 bridgehead atoms. The molecule has 1 aromatic carbocycles. The lowest BCUT2D eigenvalue weighted by atomic mass is 9.40. The molecule has 1 aromatic rings. The predicted molar refractivity (Wildman–Crippen MR) is 212 cm³/mol. The number of allylic oxidation sites excluding steroid dienone is 4. The summed E-state index contributed by atoms with van der Waals surface area (Å²) in [4.78, 5) is 11.9. The highest BCUT2D eigenvalue weighted by atomic mass is 19.1. The number of carbonyl (C=O) groups is 1. The maximum atomic E-state index is 14.9. The van der Waals surface area contributed by atoms with E-state index in [0.717, 1.165) is 48.7 Å². The van der Waals surface area contributed by atoms with Gasteiger partial charge in [0.25, 0.3) is 0 Å². The van der Waals surface area contributed by atoms with Crippen LogP contribution >= 0.6 is 0 Å². The fraction of sp³-hybridized carbons (Fsp3) is 0.756. The summed E-state index contributed by atoms with van der Waals surface area (Å²) in [6, 6.07) is 5.06. The fourth-order valence-corrected chi connectivity index (χ4v) is 10.4.